The highest BCUT2D eigenvalue weighted by Crippen LogP contribution is 2.30. The Morgan fingerprint density at radius 3 is 2.57 bits per heavy atom. The van der Waals surface area contributed by atoms with Gasteiger partial charge in [0.2, 0.25) is 0 Å². The Balaban J connectivity index is 2.21. The molecule has 0 radical (unpaired) electrons. The SMILES string of the molecule is COc1cc(C(=O)N(C)C(C)c2ccco2)ccc1OC(F)F. The van der Waals surface area contributed by atoms with E-state index in [1.54, 1.807) is 19.2 Å². The third-order valence-electron chi connectivity index (χ3n) is 3.48. The number of nitrogens with zero attached hydrogens (tertiary/aromatic N) is 1. The van der Waals surface area contributed by atoms with E-state index in [4.69, 9.17) is 9.15 Å². The minimum Gasteiger partial charge on any atom is -0.493 e. The van der Waals surface area contributed by atoms with Gasteiger partial charge in [0.25, 0.3) is 5.91 Å². The summed E-state index contributed by atoms with van der Waals surface area (Å²) < 4.78 is 39.3. The Morgan fingerprint density at radius 1 is 1.26 bits per heavy atom. The van der Waals surface area contributed by atoms with Crippen molar-refractivity contribution in [3.05, 3.63) is 47.9 Å². The molecule has 0 saturated heterocycles. The molecule has 1 atom stereocenters. The van der Waals surface area contributed by atoms with Gasteiger partial charge >= 0.3 is 6.61 Å². The minimum atomic E-state index is -2.97. The molecule has 23 heavy (non-hydrogen) atoms. The molecule has 0 saturated carbocycles. The number of alkyl halides is 2. The Bertz CT molecular complexity index is 658. The molecule has 1 heterocycles. The Kier molecular flexibility index (Phi) is 5.20. The highest BCUT2D eigenvalue weighted by atomic mass is 19.3. The summed E-state index contributed by atoms with van der Waals surface area (Å²) in [7, 11) is 2.95. The van der Waals surface area contributed by atoms with E-state index in [1.165, 1.54) is 36.5 Å². The van der Waals surface area contributed by atoms with Gasteiger partial charge in [-0.1, -0.05) is 0 Å². The van der Waals surface area contributed by atoms with Gasteiger partial charge in [0.15, 0.2) is 11.5 Å². The summed E-state index contributed by atoms with van der Waals surface area (Å²) in [4.78, 5) is 14.0. The zero-order chi connectivity index (χ0) is 17.0. The van der Waals surface area contributed by atoms with E-state index in [0.717, 1.165) is 0 Å². The van der Waals surface area contributed by atoms with E-state index in [9.17, 15) is 13.6 Å². The summed E-state index contributed by atoms with van der Waals surface area (Å²) in [5.41, 5.74) is 0.296. The van der Waals surface area contributed by atoms with E-state index >= 15 is 0 Å². The first-order valence-electron chi connectivity index (χ1n) is 6.87. The Morgan fingerprint density at radius 2 is 2.00 bits per heavy atom. The van der Waals surface area contributed by atoms with Crippen molar-refractivity contribution in [1.82, 2.24) is 4.90 Å². The van der Waals surface area contributed by atoms with Gasteiger partial charge in [-0.25, -0.2) is 0 Å². The number of methoxy groups -OCH3 is 1. The van der Waals surface area contributed by atoms with Crippen LogP contribution >= 0.6 is 0 Å². The second-order valence-corrected chi connectivity index (χ2v) is 4.85. The second-order valence-electron chi connectivity index (χ2n) is 4.85. The van der Waals surface area contributed by atoms with Crippen LogP contribution in [0.15, 0.2) is 41.0 Å². The average molecular weight is 325 g/mol. The number of amides is 1. The fourth-order valence-corrected chi connectivity index (χ4v) is 2.09. The van der Waals surface area contributed by atoms with Crippen LogP contribution in [0.25, 0.3) is 0 Å². The van der Waals surface area contributed by atoms with Gasteiger partial charge in [0.1, 0.15) is 5.76 Å². The van der Waals surface area contributed by atoms with Crippen molar-refractivity contribution in [2.45, 2.75) is 19.6 Å². The molecule has 0 aliphatic carbocycles. The minimum absolute atomic E-state index is 0.0650. The summed E-state index contributed by atoms with van der Waals surface area (Å²) in [5, 5.41) is 0. The number of halogens is 2. The van der Waals surface area contributed by atoms with Crippen molar-refractivity contribution in [2.75, 3.05) is 14.2 Å². The highest BCUT2D eigenvalue weighted by molar-refractivity contribution is 5.95. The predicted octanol–water partition coefficient (Wildman–Crippen LogP) is 3.72. The topological polar surface area (TPSA) is 51.9 Å². The van der Waals surface area contributed by atoms with Crippen LogP contribution in [0.2, 0.25) is 0 Å². The molecule has 2 rings (SSSR count). The first kappa shape index (κ1) is 16.8. The van der Waals surface area contributed by atoms with E-state index < -0.39 is 6.61 Å². The molecule has 5 nitrogen and oxygen atoms in total. The van der Waals surface area contributed by atoms with Crippen LogP contribution in [0.5, 0.6) is 11.5 Å². The van der Waals surface area contributed by atoms with Crippen molar-refractivity contribution in [3.8, 4) is 11.5 Å². The average Bonchev–Trinajstić information content (AvgIpc) is 3.07. The molecule has 124 valence electrons. The van der Waals surface area contributed by atoms with Crippen molar-refractivity contribution in [3.63, 3.8) is 0 Å². The van der Waals surface area contributed by atoms with Crippen LogP contribution in [0.1, 0.15) is 29.1 Å². The van der Waals surface area contributed by atoms with E-state index in [1.807, 2.05) is 6.92 Å². The maximum atomic E-state index is 12.5. The van der Waals surface area contributed by atoms with Gasteiger partial charge in [-0.3, -0.25) is 4.79 Å². The lowest BCUT2D eigenvalue weighted by molar-refractivity contribution is -0.0512. The quantitative estimate of drug-likeness (QED) is 0.812. The standard InChI is InChI=1S/C16H17F2NO4/c1-10(12-5-4-8-22-12)19(2)15(20)11-6-7-13(23-16(17)18)14(9-11)21-3/h4-10,16H,1-3H3. The third kappa shape index (κ3) is 3.80. The monoisotopic (exact) mass is 325 g/mol. The number of carbonyl (C=O) groups excluding carboxylic acids is 1. The fourth-order valence-electron chi connectivity index (χ4n) is 2.09. The molecule has 1 unspecified atom stereocenters. The maximum Gasteiger partial charge on any atom is 0.387 e. The molecule has 7 heteroatoms. The van der Waals surface area contributed by atoms with E-state index in [-0.39, 0.29) is 23.4 Å². The molecular formula is C16H17F2NO4. The van der Waals surface area contributed by atoms with E-state index in [0.29, 0.717) is 11.3 Å². The summed E-state index contributed by atoms with van der Waals surface area (Å²) in [5.74, 6) is 0.289. The van der Waals surface area contributed by atoms with Crippen molar-refractivity contribution in [1.29, 1.82) is 0 Å². The molecule has 1 aromatic carbocycles. The number of hydrogen-bond acceptors (Lipinski definition) is 4. The summed E-state index contributed by atoms with van der Waals surface area (Å²) >= 11 is 0. The van der Waals surface area contributed by atoms with E-state index in [2.05, 4.69) is 4.74 Å². The summed E-state index contributed by atoms with van der Waals surface area (Å²) in [6.07, 6.45) is 1.53. The van der Waals surface area contributed by atoms with Gasteiger partial charge in [-0.2, -0.15) is 8.78 Å². The molecule has 0 fully saturated rings. The van der Waals surface area contributed by atoms with Crippen molar-refractivity contribution in [2.24, 2.45) is 0 Å². The summed E-state index contributed by atoms with van der Waals surface area (Å²) in [6, 6.07) is 7.29. The number of benzene rings is 1. The number of rotatable bonds is 6. The number of hydrogen-bond donors (Lipinski definition) is 0. The molecule has 0 aliphatic heterocycles. The first-order chi connectivity index (χ1) is 10.9. The van der Waals surface area contributed by atoms with Crippen LogP contribution < -0.4 is 9.47 Å². The fraction of sp³-hybridized carbons (Fsp3) is 0.312. The molecule has 2 aromatic rings. The van der Waals surface area contributed by atoms with Crippen LogP contribution in [0.4, 0.5) is 8.78 Å². The zero-order valence-electron chi connectivity index (χ0n) is 13.0. The Hall–Kier alpha value is -2.57. The van der Waals surface area contributed by atoms with Gasteiger partial charge in [0.05, 0.1) is 19.4 Å². The molecular weight excluding hydrogens is 308 g/mol. The Labute approximate surface area is 132 Å². The van der Waals surface area contributed by atoms with Gasteiger partial charge in [0, 0.05) is 12.6 Å². The largest absolute Gasteiger partial charge is 0.493 e. The smallest absolute Gasteiger partial charge is 0.387 e. The molecule has 0 spiro atoms. The summed E-state index contributed by atoms with van der Waals surface area (Å²) in [6.45, 7) is -1.14. The predicted molar refractivity (Wildman–Crippen MR) is 78.8 cm³/mol. The van der Waals surface area contributed by atoms with Gasteiger partial charge in [-0.15, -0.1) is 0 Å². The lowest BCUT2D eigenvalue weighted by Gasteiger charge is -2.23. The molecule has 0 N–H and O–H groups in total. The normalized spacial score (nSPS) is 12.1. The van der Waals surface area contributed by atoms with Crippen molar-refractivity contribution < 1.29 is 27.5 Å². The zero-order valence-corrected chi connectivity index (χ0v) is 13.0. The van der Waals surface area contributed by atoms with Crippen molar-refractivity contribution >= 4 is 5.91 Å². The van der Waals surface area contributed by atoms with Crippen LogP contribution in [0.3, 0.4) is 0 Å². The lowest BCUT2D eigenvalue weighted by atomic mass is 10.1. The molecule has 0 aliphatic rings. The number of ether oxygens (including phenoxy) is 2. The lowest BCUT2D eigenvalue weighted by Crippen LogP contribution is -2.29. The highest BCUT2D eigenvalue weighted by Gasteiger charge is 2.22. The van der Waals surface area contributed by atoms with Crippen LogP contribution in [-0.2, 0) is 0 Å². The molecule has 1 aromatic heterocycles. The molecule has 0 bridgehead atoms. The van der Waals surface area contributed by atoms with Crippen LogP contribution in [-0.4, -0.2) is 31.6 Å². The second kappa shape index (κ2) is 7.13. The van der Waals surface area contributed by atoms with Gasteiger partial charge in [-0.05, 0) is 37.3 Å². The van der Waals surface area contributed by atoms with Crippen LogP contribution in [0, 0.1) is 0 Å². The number of carbonyl (C=O) groups is 1. The third-order valence-corrected chi connectivity index (χ3v) is 3.48. The van der Waals surface area contributed by atoms with Gasteiger partial charge < -0.3 is 18.8 Å². The number of furan rings is 1. The molecule has 1 amide bonds. The first-order valence-corrected chi connectivity index (χ1v) is 6.87. The maximum absolute atomic E-state index is 12.5.